The summed E-state index contributed by atoms with van der Waals surface area (Å²) < 4.78 is 51.1. The zero-order chi connectivity index (χ0) is 12.8. The van der Waals surface area contributed by atoms with Crippen LogP contribution < -0.4 is 5.56 Å². The number of rotatable bonds is 0. The summed E-state index contributed by atoms with van der Waals surface area (Å²) in [5, 5.41) is 0. The molecule has 17 heavy (non-hydrogen) atoms. The Balaban J connectivity index is 2.80. The van der Waals surface area contributed by atoms with Crippen LogP contribution in [0.3, 0.4) is 0 Å². The van der Waals surface area contributed by atoms with Crippen LogP contribution in [0.15, 0.2) is 23.0 Å². The van der Waals surface area contributed by atoms with Gasteiger partial charge in [-0.1, -0.05) is 0 Å². The highest BCUT2D eigenvalue weighted by Crippen LogP contribution is 2.30. The lowest BCUT2D eigenvalue weighted by Crippen LogP contribution is -2.22. The van der Waals surface area contributed by atoms with E-state index in [-0.39, 0.29) is 11.0 Å². The van der Waals surface area contributed by atoms with E-state index in [1.807, 2.05) is 0 Å². The lowest BCUT2D eigenvalue weighted by atomic mass is 10.2. The number of aromatic nitrogens is 2. The maximum atomic E-state index is 13.0. The zero-order valence-corrected chi connectivity index (χ0v) is 8.55. The van der Waals surface area contributed by atoms with Gasteiger partial charge in [-0.2, -0.15) is 17.6 Å². The Labute approximate surface area is 92.3 Å². The summed E-state index contributed by atoms with van der Waals surface area (Å²) in [6.07, 6.45) is -4.53. The molecule has 0 saturated heterocycles. The summed E-state index contributed by atoms with van der Waals surface area (Å²) in [7, 11) is 1.27. The van der Waals surface area contributed by atoms with Crippen LogP contribution in [0.1, 0.15) is 5.56 Å². The lowest BCUT2D eigenvalue weighted by molar-refractivity contribution is -0.137. The molecule has 0 saturated carbocycles. The second-order valence-corrected chi connectivity index (χ2v) is 3.47. The van der Waals surface area contributed by atoms with Crippen LogP contribution in [0.4, 0.5) is 17.6 Å². The number of fused-ring (bicyclic) bond motifs is 1. The third kappa shape index (κ3) is 1.88. The maximum Gasteiger partial charge on any atom is 0.416 e. The predicted molar refractivity (Wildman–Crippen MR) is 51.9 cm³/mol. The first-order chi connectivity index (χ1) is 7.80. The van der Waals surface area contributed by atoms with Gasteiger partial charge in [-0.3, -0.25) is 4.79 Å². The minimum Gasteiger partial charge on any atom is -0.306 e. The molecule has 0 radical (unpaired) electrons. The van der Waals surface area contributed by atoms with E-state index in [1.54, 1.807) is 0 Å². The van der Waals surface area contributed by atoms with Crippen molar-refractivity contribution in [2.45, 2.75) is 6.18 Å². The van der Waals surface area contributed by atoms with E-state index in [4.69, 9.17) is 0 Å². The monoisotopic (exact) mass is 246 g/mol. The van der Waals surface area contributed by atoms with E-state index in [0.717, 1.165) is 16.7 Å². The number of nitrogens with zero attached hydrogens (tertiary/aromatic N) is 2. The van der Waals surface area contributed by atoms with Crippen LogP contribution in [-0.4, -0.2) is 9.55 Å². The fourth-order valence-electron chi connectivity index (χ4n) is 1.47. The van der Waals surface area contributed by atoms with Crippen molar-refractivity contribution in [1.82, 2.24) is 9.55 Å². The highest BCUT2D eigenvalue weighted by molar-refractivity contribution is 5.75. The largest absolute Gasteiger partial charge is 0.416 e. The van der Waals surface area contributed by atoms with Crippen molar-refractivity contribution >= 4 is 11.0 Å². The zero-order valence-electron chi connectivity index (χ0n) is 8.55. The summed E-state index contributed by atoms with van der Waals surface area (Å²) in [6, 6.07) is 2.62. The second-order valence-electron chi connectivity index (χ2n) is 3.47. The Morgan fingerprint density at radius 2 is 1.94 bits per heavy atom. The first-order valence-electron chi connectivity index (χ1n) is 4.54. The van der Waals surface area contributed by atoms with Crippen molar-refractivity contribution in [2.24, 2.45) is 7.05 Å². The molecule has 1 heterocycles. The fourth-order valence-corrected chi connectivity index (χ4v) is 1.47. The van der Waals surface area contributed by atoms with Gasteiger partial charge in [0, 0.05) is 7.05 Å². The number of aryl methyl sites for hydroxylation is 1. The summed E-state index contributed by atoms with van der Waals surface area (Å²) in [5.41, 5.74) is -1.98. The third-order valence-corrected chi connectivity index (χ3v) is 2.36. The molecule has 7 heteroatoms. The smallest absolute Gasteiger partial charge is 0.306 e. The summed E-state index contributed by atoms with van der Waals surface area (Å²) in [4.78, 5) is 14.4. The van der Waals surface area contributed by atoms with E-state index in [9.17, 15) is 22.4 Å². The minimum absolute atomic E-state index is 0.143. The summed E-state index contributed by atoms with van der Waals surface area (Å²) >= 11 is 0. The first-order valence-corrected chi connectivity index (χ1v) is 4.54. The average molecular weight is 246 g/mol. The molecule has 0 unspecified atom stereocenters. The topological polar surface area (TPSA) is 34.9 Å². The average Bonchev–Trinajstić information content (AvgIpc) is 2.24. The number of hydrogen-bond donors (Lipinski definition) is 0. The Kier molecular flexibility index (Phi) is 2.41. The molecule has 0 aliphatic carbocycles. The molecule has 0 N–H and O–H groups in total. The lowest BCUT2D eigenvalue weighted by Gasteiger charge is -2.09. The van der Waals surface area contributed by atoms with Gasteiger partial charge in [0.1, 0.15) is 0 Å². The van der Waals surface area contributed by atoms with Crippen molar-refractivity contribution in [3.05, 3.63) is 40.1 Å². The Hall–Kier alpha value is -1.92. The van der Waals surface area contributed by atoms with Gasteiger partial charge in [-0.15, -0.1) is 0 Å². The van der Waals surface area contributed by atoms with Gasteiger partial charge in [-0.25, -0.2) is 4.98 Å². The van der Waals surface area contributed by atoms with Crippen LogP contribution in [0.5, 0.6) is 0 Å². The van der Waals surface area contributed by atoms with E-state index < -0.39 is 23.2 Å². The van der Waals surface area contributed by atoms with Crippen LogP contribution in [-0.2, 0) is 13.2 Å². The Morgan fingerprint density at radius 1 is 1.29 bits per heavy atom. The standard InChI is InChI=1S/C10H6F4N2O/c1-16-7-3-2-5(10(12,13)14)4-6(7)15-8(11)9(16)17/h2-4H,1H3. The summed E-state index contributed by atoms with van der Waals surface area (Å²) in [5.74, 6) is -1.32. The quantitative estimate of drug-likeness (QED) is 0.667. The SMILES string of the molecule is Cn1c(=O)c(F)nc2cc(C(F)(F)F)ccc21. The van der Waals surface area contributed by atoms with Gasteiger partial charge in [0.25, 0.3) is 5.95 Å². The molecule has 0 amide bonds. The number of benzene rings is 1. The molecular weight excluding hydrogens is 240 g/mol. The molecule has 0 aliphatic rings. The molecule has 2 rings (SSSR count). The van der Waals surface area contributed by atoms with Crippen molar-refractivity contribution in [1.29, 1.82) is 0 Å². The molecule has 90 valence electrons. The van der Waals surface area contributed by atoms with Gasteiger partial charge in [0.2, 0.25) is 0 Å². The molecule has 1 aromatic heterocycles. The molecule has 0 spiro atoms. The predicted octanol–water partition coefficient (Wildman–Crippen LogP) is 2.09. The Bertz CT molecular complexity index is 645. The van der Waals surface area contributed by atoms with Crippen molar-refractivity contribution in [3.8, 4) is 0 Å². The molecule has 0 fully saturated rings. The fraction of sp³-hybridized carbons (Fsp3) is 0.200. The van der Waals surface area contributed by atoms with E-state index in [2.05, 4.69) is 4.98 Å². The van der Waals surface area contributed by atoms with Gasteiger partial charge >= 0.3 is 11.7 Å². The highest BCUT2D eigenvalue weighted by Gasteiger charge is 2.30. The molecule has 3 nitrogen and oxygen atoms in total. The van der Waals surface area contributed by atoms with Gasteiger partial charge in [0.15, 0.2) is 0 Å². The molecule has 0 aliphatic heterocycles. The molecule has 0 atom stereocenters. The molecular formula is C10H6F4N2O. The van der Waals surface area contributed by atoms with Crippen LogP contribution in [0.2, 0.25) is 0 Å². The van der Waals surface area contributed by atoms with Gasteiger partial charge in [-0.05, 0) is 18.2 Å². The van der Waals surface area contributed by atoms with Crippen molar-refractivity contribution in [3.63, 3.8) is 0 Å². The number of hydrogen-bond acceptors (Lipinski definition) is 2. The highest BCUT2D eigenvalue weighted by atomic mass is 19.4. The van der Waals surface area contributed by atoms with Crippen LogP contribution in [0, 0.1) is 5.95 Å². The van der Waals surface area contributed by atoms with E-state index in [0.29, 0.717) is 6.07 Å². The summed E-state index contributed by atoms with van der Waals surface area (Å²) in [6.45, 7) is 0. The van der Waals surface area contributed by atoms with Crippen LogP contribution in [0.25, 0.3) is 11.0 Å². The first kappa shape index (κ1) is 11.6. The van der Waals surface area contributed by atoms with E-state index >= 15 is 0 Å². The molecule has 2 aromatic rings. The van der Waals surface area contributed by atoms with Gasteiger partial charge in [0.05, 0.1) is 16.6 Å². The maximum absolute atomic E-state index is 13.0. The van der Waals surface area contributed by atoms with Crippen molar-refractivity contribution < 1.29 is 17.6 Å². The third-order valence-electron chi connectivity index (χ3n) is 2.36. The molecule has 0 bridgehead atoms. The normalized spacial score (nSPS) is 12.1. The molecule has 1 aromatic carbocycles. The van der Waals surface area contributed by atoms with Crippen molar-refractivity contribution in [2.75, 3.05) is 0 Å². The van der Waals surface area contributed by atoms with Crippen LogP contribution >= 0.6 is 0 Å². The minimum atomic E-state index is -4.53. The van der Waals surface area contributed by atoms with Gasteiger partial charge < -0.3 is 4.57 Å². The Morgan fingerprint density at radius 3 is 2.53 bits per heavy atom. The second kappa shape index (κ2) is 3.54. The number of halogens is 4. The number of alkyl halides is 3. The van der Waals surface area contributed by atoms with E-state index in [1.165, 1.54) is 7.05 Å².